The summed E-state index contributed by atoms with van der Waals surface area (Å²) in [6.45, 7) is 0. The number of carbonyl (C=O) groups excluding carboxylic acids is 1. The van der Waals surface area contributed by atoms with Crippen molar-refractivity contribution in [2.45, 2.75) is 6.18 Å². The van der Waals surface area contributed by atoms with E-state index in [2.05, 4.69) is 10.6 Å². The summed E-state index contributed by atoms with van der Waals surface area (Å²) in [6.07, 6.45) is -4.50. The van der Waals surface area contributed by atoms with Crippen LogP contribution in [0.3, 0.4) is 0 Å². The van der Waals surface area contributed by atoms with Gasteiger partial charge in [-0.25, -0.2) is 4.79 Å². The van der Waals surface area contributed by atoms with Crippen LogP contribution in [-0.4, -0.2) is 6.03 Å². The largest absolute Gasteiger partial charge is 0.416 e. The monoisotopic (exact) mass is 382 g/mol. The van der Waals surface area contributed by atoms with Crippen LogP contribution in [0.15, 0.2) is 36.4 Å². The molecule has 9 heteroatoms. The van der Waals surface area contributed by atoms with Gasteiger partial charge in [0, 0.05) is 5.69 Å². The van der Waals surface area contributed by atoms with Crippen molar-refractivity contribution in [1.29, 1.82) is 0 Å². The molecule has 0 fully saturated rings. The van der Waals surface area contributed by atoms with Crippen molar-refractivity contribution in [3.05, 3.63) is 57.0 Å². The molecule has 2 aromatic rings. The lowest BCUT2D eigenvalue weighted by molar-refractivity contribution is -0.137. The van der Waals surface area contributed by atoms with Crippen LogP contribution >= 0.6 is 34.8 Å². The molecular weight excluding hydrogens is 376 g/mol. The third kappa shape index (κ3) is 4.67. The molecule has 0 saturated carbocycles. The smallest absolute Gasteiger partial charge is 0.308 e. The van der Waals surface area contributed by atoms with Crippen LogP contribution in [0.2, 0.25) is 15.1 Å². The lowest BCUT2D eigenvalue weighted by Crippen LogP contribution is -2.20. The third-order valence-electron chi connectivity index (χ3n) is 2.71. The Bertz CT molecular complexity index is 751. The second-order valence-electron chi connectivity index (χ2n) is 4.40. The fourth-order valence-corrected chi connectivity index (χ4v) is 2.27. The summed E-state index contributed by atoms with van der Waals surface area (Å²) < 4.78 is 37.8. The van der Waals surface area contributed by atoms with Crippen LogP contribution in [0.5, 0.6) is 0 Å². The highest BCUT2D eigenvalue weighted by Crippen LogP contribution is 2.33. The molecule has 23 heavy (non-hydrogen) atoms. The van der Waals surface area contributed by atoms with Gasteiger partial charge in [0.25, 0.3) is 0 Å². The zero-order valence-electron chi connectivity index (χ0n) is 11.1. The summed E-state index contributed by atoms with van der Waals surface area (Å²) in [6, 6.07) is 6.12. The minimum atomic E-state index is -4.50. The average molecular weight is 384 g/mol. The normalized spacial score (nSPS) is 11.2. The molecule has 0 radical (unpaired) electrons. The molecule has 0 aliphatic rings. The second-order valence-corrected chi connectivity index (χ2v) is 5.63. The zero-order chi connectivity index (χ0) is 17.2. The minimum absolute atomic E-state index is 0.0199. The third-order valence-corrected chi connectivity index (χ3v) is 3.74. The lowest BCUT2D eigenvalue weighted by Gasteiger charge is -2.12. The summed E-state index contributed by atoms with van der Waals surface area (Å²) in [5.41, 5.74) is -0.720. The number of carbonyl (C=O) groups is 1. The number of nitrogens with one attached hydrogen (secondary N) is 2. The summed E-state index contributed by atoms with van der Waals surface area (Å²) in [5, 5.41) is 5.18. The van der Waals surface area contributed by atoms with Gasteiger partial charge in [-0.05, 0) is 30.3 Å². The van der Waals surface area contributed by atoms with E-state index in [1.807, 2.05) is 0 Å². The number of benzene rings is 2. The van der Waals surface area contributed by atoms with E-state index in [1.54, 1.807) is 0 Å². The van der Waals surface area contributed by atoms with Crippen molar-refractivity contribution < 1.29 is 18.0 Å². The molecule has 0 aliphatic heterocycles. The molecule has 0 bridgehead atoms. The Hall–Kier alpha value is -1.63. The molecule has 0 heterocycles. The number of rotatable bonds is 2. The number of hydrogen-bond donors (Lipinski definition) is 2. The van der Waals surface area contributed by atoms with E-state index in [4.69, 9.17) is 34.8 Å². The van der Waals surface area contributed by atoms with Crippen LogP contribution in [0.1, 0.15) is 5.56 Å². The van der Waals surface area contributed by atoms with Gasteiger partial charge >= 0.3 is 12.2 Å². The molecule has 2 aromatic carbocycles. The maximum Gasteiger partial charge on any atom is 0.416 e. The van der Waals surface area contributed by atoms with Crippen LogP contribution in [-0.2, 0) is 6.18 Å². The van der Waals surface area contributed by atoms with Gasteiger partial charge in [0.05, 0.1) is 26.3 Å². The van der Waals surface area contributed by atoms with Crippen molar-refractivity contribution in [3.63, 3.8) is 0 Å². The van der Waals surface area contributed by atoms with E-state index in [9.17, 15) is 18.0 Å². The molecule has 2 rings (SSSR count). The van der Waals surface area contributed by atoms with Crippen molar-refractivity contribution in [2.75, 3.05) is 10.6 Å². The second kappa shape index (κ2) is 6.86. The molecule has 122 valence electrons. The van der Waals surface area contributed by atoms with Crippen LogP contribution in [0.4, 0.5) is 29.3 Å². The predicted octanol–water partition coefficient (Wildman–Crippen LogP) is 6.31. The molecule has 0 unspecified atom stereocenters. The number of halogens is 6. The van der Waals surface area contributed by atoms with Crippen molar-refractivity contribution >= 4 is 52.2 Å². The molecule has 0 saturated heterocycles. The van der Waals surface area contributed by atoms with E-state index in [0.29, 0.717) is 0 Å². The Balaban J connectivity index is 2.13. The first-order valence-electron chi connectivity index (χ1n) is 6.06. The SMILES string of the molecule is O=C(Nc1cccc(C(F)(F)F)c1)Nc1cc(Cl)c(Cl)cc1Cl. The maximum absolute atomic E-state index is 12.6. The number of alkyl halides is 3. The van der Waals surface area contributed by atoms with E-state index in [1.165, 1.54) is 24.3 Å². The number of urea groups is 1. The quantitative estimate of drug-likeness (QED) is 0.586. The Morgan fingerprint density at radius 3 is 2.22 bits per heavy atom. The minimum Gasteiger partial charge on any atom is -0.308 e. The highest BCUT2D eigenvalue weighted by Gasteiger charge is 2.30. The Kier molecular flexibility index (Phi) is 5.29. The molecule has 0 spiro atoms. The van der Waals surface area contributed by atoms with Crippen LogP contribution < -0.4 is 10.6 Å². The van der Waals surface area contributed by atoms with Gasteiger partial charge in [0.1, 0.15) is 0 Å². The summed E-state index contributed by atoms with van der Waals surface area (Å²) in [5.74, 6) is 0. The summed E-state index contributed by atoms with van der Waals surface area (Å²) >= 11 is 17.5. The number of anilines is 2. The lowest BCUT2D eigenvalue weighted by atomic mass is 10.2. The van der Waals surface area contributed by atoms with E-state index < -0.39 is 17.8 Å². The molecule has 2 N–H and O–H groups in total. The van der Waals surface area contributed by atoms with Gasteiger partial charge in [0.2, 0.25) is 0 Å². The molecule has 3 nitrogen and oxygen atoms in total. The predicted molar refractivity (Wildman–Crippen MR) is 85.6 cm³/mol. The fourth-order valence-electron chi connectivity index (χ4n) is 1.68. The van der Waals surface area contributed by atoms with E-state index in [0.717, 1.165) is 12.1 Å². The summed E-state index contributed by atoms with van der Waals surface area (Å²) in [4.78, 5) is 11.9. The molecular formula is C14H8Cl3F3N2O. The highest BCUT2D eigenvalue weighted by molar-refractivity contribution is 6.44. The van der Waals surface area contributed by atoms with Gasteiger partial charge in [-0.2, -0.15) is 13.2 Å². The van der Waals surface area contributed by atoms with Crippen molar-refractivity contribution in [3.8, 4) is 0 Å². The van der Waals surface area contributed by atoms with Gasteiger partial charge < -0.3 is 10.6 Å². The maximum atomic E-state index is 12.6. The first kappa shape index (κ1) is 17.7. The average Bonchev–Trinajstić information content (AvgIpc) is 2.44. The fraction of sp³-hybridized carbons (Fsp3) is 0.0714. The standard InChI is InChI=1S/C14H8Cl3F3N2O/c15-9-5-11(17)12(6-10(9)16)22-13(23)21-8-3-1-2-7(4-8)14(18,19)20/h1-6H,(H2,21,22,23). The first-order chi connectivity index (χ1) is 10.7. The van der Waals surface area contributed by atoms with E-state index in [-0.39, 0.29) is 26.4 Å². The van der Waals surface area contributed by atoms with Crippen LogP contribution in [0.25, 0.3) is 0 Å². The Morgan fingerprint density at radius 1 is 0.913 bits per heavy atom. The molecule has 0 aromatic heterocycles. The van der Waals surface area contributed by atoms with E-state index >= 15 is 0 Å². The van der Waals surface area contributed by atoms with Crippen molar-refractivity contribution in [1.82, 2.24) is 0 Å². The van der Waals surface area contributed by atoms with Gasteiger partial charge in [0.15, 0.2) is 0 Å². The first-order valence-corrected chi connectivity index (χ1v) is 7.20. The summed E-state index contributed by atoms with van der Waals surface area (Å²) in [7, 11) is 0. The van der Waals surface area contributed by atoms with Gasteiger partial charge in [-0.1, -0.05) is 40.9 Å². The highest BCUT2D eigenvalue weighted by atomic mass is 35.5. The van der Waals surface area contributed by atoms with Crippen molar-refractivity contribution in [2.24, 2.45) is 0 Å². The van der Waals surface area contributed by atoms with Gasteiger partial charge in [-0.3, -0.25) is 0 Å². The Labute approximate surface area is 144 Å². The van der Waals surface area contributed by atoms with Gasteiger partial charge in [-0.15, -0.1) is 0 Å². The Morgan fingerprint density at radius 2 is 1.57 bits per heavy atom. The molecule has 2 amide bonds. The van der Waals surface area contributed by atoms with Crippen LogP contribution in [0, 0.1) is 0 Å². The topological polar surface area (TPSA) is 41.1 Å². The zero-order valence-corrected chi connectivity index (χ0v) is 13.4. The number of hydrogen-bond acceptors (Lipinski definition) is 1. The number of amides is 2. The molecule has 0 atom stereocenters. The molecule has 0 aliphatic carbocycles.